The molecule has 1 amide bonds. The summed E-state index contributed by atoms with van der Waals surface area (Å²) in [5.74, 6) is -0.623. The second-order valence-electron chi connectivity index (χ2n) is 5.37. The average Bonchev–Trinajstić information content (AvgIpc) is 3.19. The topological polar surface area (TPSA) is 59.8 Å². The van der Waals surface area contributed by atoms with Crippen LogP contribution in [0, 0.1) is 5.82 Å². The van der Waals surface area contributed by atoms with Gasteiger partial charge in [0.1, 0.15) is 5.82 Å². The Hall–Kier alpha value is -2.19. The molecular formula is C17H17FN4OS2. The second-order valence-corrected chi connectivity index (χ2v) is 7.33. The fraction of sp³-hybridized carbons (Fsp3) is 0.235. The SMILES string of the molecule is CCc1nc(CC(=O)Nc2cc(F)ccc2Sc2nccn2C)cs1. The lowest BCUT2D eigenvalue weighted by molar-refractivity contribution is -0.115. The summed E-state index contributed by atoms with van der Waals surface area (Å²) in [6, 6.07) is 4.33. The van der Waals surface area contributed by atoms with Gasteiger partial charge in [0.2, 0.25) is 5.91 Å². The minimum absolute atomic E-state index is 0.166. The molecule has 3 rings (SSSR count). The molecule has 0 saturated heterocycles. The zero-order valence-electron chi connectivity index (χ0n) is 13.8. The van der Waals surface area contributed by atoms with Gasteiger partial charge in [-0.15, -0.1) is 11.3 Å². The number of nitrogens with one attached hydrogen (secondary N) is 1. The van der Waals surface area contributed by atoms with Crippen molar-refractivity contribution in [3.63, 3.8) is 0 Å². The number of rotatable bonds is 6. The van der Waals surface area contributed by atoms with Crippen molar-refractivity contribution in [1.29, 1.82) is 0 Å². The molecule has 0 aliphatic carbocycles. The lowest BCUT2D eigenvalue weighted by Gasteiger charge is -2.10. The van der Waals surface area contributed by atoms with Gasteiger partial charge in [0.25, 0.3) is 0 Å². The number of thiazole rings is 1. The smallest absolute Gasteiger partial charge is 0.230 e. The highest BCUT2D eigenvalue weighted by Gasteiger charge is 2.13. The molecule has 2 aromatic heterocycles. The number of anilines is 1. The summed E-state index contributed by atoms with van der Waals surface area (Å²) in [6.07, 6.45) is 4.54. The molecule has 0 unspecified atom stereocenters. The monoisotopic (exact) mass is 376 g/mol. The zero-order valence-corrected chi connectivity index (χ0v) is 15.5. The number of halogens is 1. The minimum atomic E-state index is -0.401. The molecule has 0 bridgehead atoms. The van der Waals surface area contributed by atoms with Crippen LogP contribution >= 0.6 is 23.1 Å². The first kappa shape index (κ1) is 17.6. The predicted molar refractivity (Wildman–Crippen MR) is 97.6 cm³/mol. The van der Waals surface area contributed by atoms with Gasteiger partial charge < -0.3 is 9.88 Å². The zero-order chi connectivity index (χ0) is 17.8. The quantitative estimate of drug-likeness (QED) is 0.709. The van der Waals surface area contributed by atoms with Crippen LogP contribution in [0.25, 0.3) is 0 Å². The highest BCUT2D eigenvalue weighted by atomic mass is 32.2. The maximum atomic E-state index is 13.6. The van der Waals surface area contributed by atoms with Crippen LogP contribution in [-0.2, 0) is 24.7 Å². The Balaban J connectivity index is 1.75. The number of amides is 1. The number of aryl methyl sites for hydroxylation is 2. The van der Waals surface area contributed by atoms with Crippen LogP contribution < -0.4 is 5.32 Å². The predicted octanol–water partition coefficient (Wildman–Crippen LogP) is 3.91. The summed E-state index contributed by atoms with van der Waals surface area (Å²) in [5, 5.41) is 6.43. The Morgan fingerprint density at radius 3 is 2.96 bits per heavy atom. The Morgan fingerprint density at radius 1 is 1.44 bits per heavy atom. The highest BCUT2D eigenvalue weighted by molar-refractivity contribution is 7.99. The molecule has 0 radical (unpaired) electrons. The van der Waals surface area contributed by atoms with Gasteiger partial charge in [-0.05, 0) is 36.4 Å². The molecule has 0 spiro atoms. The number of aromatic nitrogens is 3. The van der Waals surface area contributed by atoms with Crippen molar-refractivity contribution in [1.82, 2.24) is 14.5 Å². The fourth-order valence-electron chi connectivity index (χ4n) is 2.19. The first-order valence-electron chi connectivity index (χ1n) is 7.73. The lowest BCUT2D eigenvalue weighted by atomic mass is 10.2. The molecule has 0 atom stereocenters. The molecule has 0 aliphatic rings. The van der Waals surface area contributed by atoms with Gasteiger partial charge in [0.05, 0.1) is 22.8 Å². The molecule has 3 aromatic rings. The number of hydrogen-bond donors (Lipinski definition) is 1. The molecule has 5 nitrogen and oxygen atoms in total. The molecular weight excluding hydrogens is 359 g/mol. The van der Waals surface area contributed by atoms with E-state index in [0.717, 1.165) is 27.2 Å². The standard InChI is InChI=1S/C17H17FN4OS2/c1-3-16-20-12(10-24-16)9-15(23)21-13-8-11(18)4-5-14(13)25-17-19-6-7-22(17)2/h4-8,10H,3,9H2,1-2H3,(H,21,23). The maximum Gasteiger partial charge on any atom is 0.230 e. The van der Waals surface area contributed by atoms with Gasteiger partial charge in [-0.3, -0.25) is 4.79 Å². The van der Waals surface area contributed by atoms with E-state index in [1.54, 1.807) is 23.6 Å². The van der Waals surface area contributed by atoms with Crippen molar-refractivity contribution in [2.75, 3.05) is 5.32 Å². The van der Waals surface area contributed by atoms with Crippen molar-refractivity contribution < 1.29 is 9.18 Å². The first-order chi connectivity index (χ1) is 12.0. The van der Waals surface area contributed by atoms with Crippen molar-refractivity contribution >= 4 is 34.7 Å². The van der Waals surface area contributed by atoms with E-state index in [-0.39, 0.29) is 12.3 Å². The Morgan fingerprint density at radius 2 is 2.28 bits per heavy atom. The molecule has 0 fully saturated rings. The molecule has 0 aliphatic heterocycles. The second kappa shape index (κ2) is 7.79. The average molecular weight is 376 g/mol. The summed E-state index contributed by atoms with van der Waals surface area (Å²) >= 11 is 2.91. The number of benzene rings is 1. The summed E-state index contributed by atoms with van der Waals surface area (Å²) < 4.78 is 15.5. The number of carbonyl (C=O) groups excluding carboxylic acids is 1. The normalized spacial score (nSPS) is 10.8. The van der Waals surface area contributed by atoms with E-state index in [1.165, 1.54) is 23.9 Å². The van der Waals surface area contributed by atoms with Crippen LogP contribution in [-0.4, -0.2) is 20.4 Å². The first-order valence-corrected chi connectivity index (χ1v) is 9.42. The van der Waals surface area contributed by atoms with Crippen LogP contribution in [0.5, 0.6) is 0 Å². The van der Waals surface area contributed by atoms with Gasteiger partial charge in [0, 0.05) is 29.7 Å². The highest BCUT2D eigenvalue weighted by Crippen LogP contribution is 2.33. The van der Waals surface area contributed by atoms with Gasteiger partial charge in [-0.1, -0.05) is 6.92 Å². The molecule has 25 heavy (non-hydrogen) atoms. The fourth-order valence-corrected chi connectivity index (χ4v) is 3.80. The molecule has 2 heterocycles. The third-order valence-electron chi connectivity index (χ3n) is 3.44. The van der Waals surface area contributed by atoms with Gasteiger partial charge in [0.15, 0.2) is 5.16 Å². The Kier molecular flexibility index (Phi) is 5.50. The Bertz CT molecular complexity index is 890. The van der Waals surface area contributed by atoms with E-state index >= 15 is 0 Å². The third-order valence-corrected chi connectivity index (χ3v) is 5.63. The number of hydrogen-bond acceptors (Lipinski definition) is 5. The van der Waals surface area contributed by atoms with E-state index in [4.69, 9.17) is 0 Å². The van der Waals surface area contributed by atoms with Crippen LogP contribution in [0.4, 0.5) is 10.1 Å². The van der Waals surface area contributed by atoms with E-state index in [9.17, 15) is 9.18 Å². The van der Waals surface area contributed by atoms with Crippen molar-refractivity contribution in [2.45, 2.75) is 29.8 Å². The van der Waals surface area contributed by atoms with Crippen LogP contribution in [0.15, 0.2) is 46.0 Å². The van der Waals surface area contributed by atoms with Crippen molar-refractivity contribution in [3.05, 3.63) is 52.5 Å². The van der Waals surface area contributed by atoms with E-state index in [1.807, 2.05) is 30.1 Å². The van der Waals surface area contributed by atoms with Crippen LogP contribution in [0.3, 0.4) is 0 Å². The van der Waals surface area contributed by atoms with Crippen LogP contribution in [0.1, 0.15) is 17.6 Å². The van der Waals surface area contributed by atoms with Gasteiger partial charge >= 0.3 is 0 Å². The van der Waals surface area contributed by atoms with Gasteiger partial charge in [-0.25, -0.2) is 14.4 Å². The number of nitrogens with zero attached hydrogens (tertiary/aromatic N) is 3. The minimum Gasteiger partial charge on any atom is -0.329 e. The molecule has 130 valence electrons. The molecule has 1 aromatic carbocycles. The van der Waals surface area contributed by atoms with Gasteiger partial charge in [-0.2, -0.15) is 0 Å². The Labute approximate surface area is 153 Å². The van der Waals surface area contributed by atoms with Crippen molar-refractivity contribution in [2.24, 2.45) is 7.05 Å². The summed E-state index contributed by atoms with van der Waals surface area (Å²) in [5.41, 5.74) is 1.16. The molecule has 0 saturated carbocycles. The molecule has 1 N–H and O–H groups in total. The largest absolute Gasteiger partial charge is 0.329 e. The van der Waals surface area contributed by atoms with E-state index in [2.05, 4.69) is 15.3 Å². The van der Waals surface area contributed by atoms with Crippen LogP contribution in [0.2, 0.25) is 0 Å². The molecule has 8 heteroatoms. The van der Waals surface area contributed by atoms with Crippen molar-refractivity contribution in [3.8, 4) is 0 Å². The summed E-state index contributed by atoms with van der Waals surface area (Å²) in [4.78, 5) is 21.7. The lowest BCUT2D eigenvalue weighted by Crippen LogP contribution is -2.15. The summed E-state index contributed by atoms with van der Waals surface area (Å²) in [6.45, 7) is 2.02. The summed E-state index contributed by atoms with van der Waals surface area (Å²) in [7, 11) is 1.88. The number of carbonyl (C=O) groups is 1. The maximum absolute atomic E-state index is 13.6. The van der Waals surface area contributed by atoms with E-state index < -0.39 is 5.82 Å². The number of imidazole rings is 1. The third kappa shape index (κ3) is 4.46. The van der Waals surface area contributed by atoms with E-state index in [0.29, 0.717) is 5.69 Å².